The van der Waals surface area contributed by atoms with E-state index in [0.29, 0.717) is 30.1 Å². The maximum atomic E-state index is 13.6. The SMILES string of the molecule is Cc1cc(C(=O)N2CCNCC2)ccc1-c1ccc(C[C@H](NC(=O)C2CCC(CN)CC2)C(=O)Nc2ccc3cn[nH]c3c2)cc1.Cl. The van der Waals surface area contributed by atoms with Gasteiger partial charge in [0.15, 0.2) is 0 Å². The lowest BCUT2D eigenvalue weighted by Crippen LogP contribution is -2.48. The van der Waals surface area contributed by atoms with E-state index in [1.165, 1.54) is 0 Å². The molecule has 3 aromatic carbocycles. The highest BCUT2D eigenvalue weighted by Gasteiger charge is 2.29. The lowest BCUT2D eigenvalue weighted by atomic mass is 9.81. The van der Waals surface area contributed by atoms with E-state index in [1.54, 1.807) is 6.20 Å². The summed E-state index contributed by atoms with van der Waals surface area (Å²) in [7, 11) is 0. The van der Waals surface area contributed by atoms with E-state index < -0.39 is 6.04 Å². The molecular formula is C36H44ClN7O3. The average Bonchev–Trinajstić information content (AvgIpc) is 3.56. The number of fused-ring (bicyclic) bond motifs is 1. The second-order valence-electron chi connectivity index (χ2n) is 12.6. The summed E-state index contributed by atoms with van der Waals surface area (Å²) < 4.78 is 0. The van der Waals surface area contributed by atoms with Crippen molar-refractivity contribution in [2.24, 2.45) is 17.6 Å². The zero-order chi connectivity index (χ0) is 32.0. The molecule has 2 heterocycles. The number of halogens is 1. The van der Waals surface area contributed by atoms with Gasteiger partial charge in [-0.25, -0.2) is 0 Å². The number of aromatic nitrogens is 2. The van der Waals surface area contributed by atoms with Crippen molar-refractivity contribution in [3.8, 4) is 11.1 Å². The summed E-state index contributed by atoms with van der Waals surface area (Å²) in [5.74, 6) is 0.0578. The van der Waals surface area contributed by atoms with E-state index in [-0.39, 0.29) is 36.0 Å². The van der Waals surface area contributed by atoms with Gasteiger partial charge in [0.25, 0.3) is 5.91 Å². The van der Waals surface area contributed by atoms with Gasteiger partial charge in [-0.3, -0.25) is 19.5 Å². The lowest BCUT2D eigenvalue weighted by molar-refractivity contribution is -0.130. The first-order chi connectivity index (χ1) is 22.4. The second-order valence-corrected chi connectivity index (χ2v) is 12.6. The van der Waals surface area contributed by atoms with Crippen molar-refractivity contribution in [2.75, 3.05) is 38.0 Å². The number of amides is 3. The van der Waals surface area contributed by atoms with Gasteiger partial charge in [-0.1, -0.05) is 30.3 Å². The molecule has 11 heteroatoms. The minimum atomic E-state index is -0.750. The third-order valence-electron chi connectivity index (χ3n) is 9.48. The minimum Gasteiger partial charge on any atom is -0.344 e. The molecule has 2 aliphatic rings. The number of aryl methyl sites for hydroxylation is 1. The number of nitrogens with two attached hydrogens (primary N) is 1. The number of hydrogen-bond donors (Lipinski definition) is 5. The van der Waals surface area contributed by atoms with Gasteiger partial charge in [0, 0.05) is 55.2 Å². The van der Waals surface area contributed by atoms with Crippen LogP contribution in [0.2, 0.25) is 0 Å². The standard InChI is InChI=1S/C36H43N7O3.ClH/c1-23-18-28(36(46)43-16-14-38-15-17-43)11-13-31(23)26-6-2-24(3-7-26)19-33(41-34(44)27-8-4-25(21-37)5-9-27)35(45)40-30-12-10-29-22-39-42-32(29)20-30;/h2-3,6-7,10-13,18,20,22,25,27,33,38H,4-5,8-9,14-17,19,21,37H2,1H3,(H,39,42)(H,40,45)(H,41,44);1H/t25?,27?,33-;/m0./s1. The van der Waals surface area contributed by atoms with Crippen LogP contribution in [0.4, 0.5) is 5.69 Å². The van der Waals surface area contributed by atoms with Gasteiger partial charge >= 0.3 is 0 Å². The van der Waals surface area contributed by atoms with E-state index >= 15 is 0 Å². The van der Waals surface area contributed by atoms with Crippen molar-refractivity contribution in [1.29, 1.82) is 0 Å². The minimum absolute atomic E-state index is 0. The molecule has 4 aromatic rings. The first kappa shape index (κ1) is 34.1. The quantitative estimate of drug-likeness (QED) is 0.180. The molecule has 2 fully saturated rings. The van der Waals surface area contributed by atoms with Crippen LogP contribution in [0.5, 0.6) is 0 Å². The van der Waals surface area contributed by atoms with Gasteiger partial charge in [-0.05, 0) is 97.7 Å². The Bertz CT molecular complexity index is 1690. The molecule has 1 aromatic heterocycles. The van der Waals surface area contributed by atoms with Gasteiger partial charge in [0.05, 0.1) is 11.7 Å². The molecule has 0 bridgehead atoms. The number of nitrogens with one attached hydrogen (secondary N) is 4. The summed E-state index contributed by atoms with van der Waals surface area (Å²) >= 11 is 0. The van der Waals surface area contributed by atoms with Crippen LogP contribution in [0.15, 0.2) is 66.9 Å². The number of carbonyl (C=O) groups excluding carboxylic acids is 3. The van der Waals surface area contributed by atoms with Crippen molar-refractivity contribution < 1.29 is 14.4 Å². The molecule has 0 spiro atoms. The van der Waals surface area contributed by atoms with Crippen LogP contribution in [0.25, 0.3) is 22.0 Å². The third-order valence-corrected chi connectivity index (χ3v) is 9.48. The monoisotopic (exact) mass is 657 g/mol. The molecule has 1 aliphatic carbocycles. The molecular weight excluding hydrogens is 614 g/mol. The van der Waals surface area contributed by atoms with Gasteiger partial charge < -0.3 is 26.6 Å². The lowest BCUT2D eigenvalue weighted by Gasteiger charge is -2.28. The summed E-state index contributed by atoms with van der Waals surface area (Å²) in [6, 6.07) is 18.8. The number of carbonyl (C=O) groups is 3. The van der Waals surface area contributed by atoms with Crippen molar-refractivity contribution in [3.05, 3.63) is 83.6 Å². The fourth-order valence-corrected chi connectivity index (χ4v) is 6.63. The van der Waals surface area contributed by atoms with E-state index in [0.717, 1.165) is 85.0 Å². The summed E-state index contributed by atoms with van der Waals surface area (Å²) in [6.07, 6.45) is 5.51. The Balaban J connectivity index is 0.00000433. The number of hydrogen-bond acceptors (Lipinski definition) is 6. The molecule has 0 unspecified atom stereocenters. The van der Waals surface area contributed by atoms with E-state index in [4.69, 9.17) is 5.73 Å². The number of rotatable bonds is 9. The first-order valence-corrected chi connectivity index (χ1v) is 16.3. The normalized spacial score (nSPS) is 18.6. The molecule has 1 saturated carbocycles. The number of piperazine rings is 1. The third kappa shape index (κ3) is 8.19. The zero-order valence-corrected chi connectivity index (χ0v) is 27.6. The molecule has 47 heavy (non-hydrogen) atoms. The summed E-state index contributed by atoms with van der Waals surface area (Å²) in [6.45, 7) is 5.74. The Kier molecular flexibility index (Phi) is 11.3. The highest BCUT2D eigenvalue weighted by atomic mass is 35.5. The van der Waals surface area contributed by atoms with Crippen molar-refractivity contribution >= 4 is 46.7 Å². The molecule has 1 aliphatic heterocycles. The van der Waals surface area contributed by atoms with Crippen LogP contribution in [-0.4, -0.2) is 71.6 Å². The Labute approximate surface area is 281 Å². The molecule has 1 saturated heterocycles. The molecule has 10 nitrogen and oxygen atoms in total. The van der Waals surface area contributed by atoms with Gasteiger partial charge in [-0.2, -0.15) is 5.10 Å². The number of benzene rings is 3. The maximum absolute atomic E-state index is 13.6. The van der Waals surface area contributed by atoms with E-state index in [1.807, 2.05) is 72.5 Å². The first-order valence-electron chi connectivity index (χ1n) is 16.3. The summed E-state index contributed by atoms with van der Waals surface area (Å²) in [5, 5.41) is 17.3. The second kappa shape index (κ2) is 15.6. The zero-order valence-electron chi connectivity index (χ0n) is 26.8. The van der Waals surface area contributed by atoms with Gasteiger partial charge in [0.2, 0.25) is 11.8 Å². The van der Waals surface area contributed by atoms with Crippen LogP contribution < -0.4 is 21.7 Å². The fraction of sp³-hybridized carbons (Fsp3) is 0.389. The number of anilines is 1. The van der Waals surface area contributed by atoms with E-state index in [2.05, 4.69) is 26.1 Å². The highest BCUT2D eigenvalue weighted by molar-refractivity contribution is 5.99. The molecule has 0 radical (unpaired) electrons. The Hall–Kier alpha value is -4.25. The summed E-state index contributed by atoms with van der Waals surface area (Å²) in [4.78, 5) is 41.9. The van der Waals surface area contributed by atoms with E-state index in [9.17, 15) is 14.4 Å². The van der Waals surface area contributed by atoms with Crippen molar-refractivity contribution in [1.82, 2.24) is 25.7 Å². The Morgan fingerprint density at radius 2 is 1.72 bits per heavy atom. The number of H-pyrrole nitrogens is 1. The maximum Gasteiger partial charge on any atom is 0.253 e. The smallest absolute Gasteiger partial charge is 0.253 e. The fourth-order valence-electron chi connectivity index (χ4n) is 6.63. The van der Waals surface area contributed by atoms with Crippen LogP contribution >= 0.6 is 12.4 Å². The molecule has 6 rings (SSSR count). The summed E-state index contributed by atoms with van der Waals surface area (Å²) in [5.41, 5.74) is 12.0. The number of aromatic amines is 1. The number of nitrogens with zero attached hydrogens (tertiary/aromatic N) is 2. The Morgan fingerprint density at radius 1 is 0.979 bits per heavy atom. The highest BCUT2D eigenvalue weighted by Crippen LogP contribution is 2.29. The molecule has 248 valence electrons. The van der Waals surface area contributed by atoms with Gasteiger partial charge in [-0.15, -0.1) is 12.4 Å². The van der Waals surface area contributed by atoms with Crippen molar-refractivity contribution in [3.63, 3.8) is 0 Å². The average molecular weight is 658 g/mol. The molecule has 3 amide bonds. The van der Waals surface area contributed by atoms with Gasteiger partial charge in [0.1, 0.15) is 6.04 Å². The largest absolute Gasteiger partial charge is 0.344 e. The molecule has 1 atom stereocenters. The Morgan fingerprint density at radius 3 is 2.43 bits per heavy atom. The molecule has 6 N–H and O–H groups in total. The van der Waals surface area contributed by atoms with Crippen LogP contribution in [-0.2, 0) is 16.0 Å². The van der Waals surface area contributed by atoms with Crippen LogP contribution in [0, 0.1) is 18.8 Å². The predicted octanol–water partition coefficient (Wildman–Crippen LogP) is 4.44. The topological polar surface area (TPSA) is 145 Å². The van der Waals surface area contributed by atoms with Crippen LogP contribution in [0.1, 0.15) is 47.2 Å². The predicted molar refractivity (Wildman–Crippen MR) is 187 cm³/mol. The van der Waals surface area contributed by atoms with Crippen molar-refractivity contribution in [2.45, 2.75) is 45.1 Å². The van der Waals surface area contributed by atoms with Crippen LogP contribution in [0.3, 0.4) is 0 Å².